The average Bonchev–Trinajstić information content (AvgIpc) is 2.05. The molecule has 1 atom stereocenters. The predicted octanol–water partition coefficient (Wildman–Crippen LogP) is -0.317. The molecule has 1 rings (SSSR count). The van der Waals surface area contributed by atoms with E-state index in [1.54, 1.807) is 13.8 Å². The van der Waals surface area contributed by atoms with Crippen LogP contribution in [0.4, 0.5) is 0 Å². The molecule has 0 aromatic heterocycles. The highest BCUT2D eigenvalue weighted by Gasteiger charge is 2.33. The van der Waals surface area contributed by atoms with Crippen LogP contribution in [0.5, 0.6) is 0 Å². The molecule has 1 fully saturated rings. The summed E-state index contributed by atoms with van der Waals surface area (Å²) in [7, 11) is -4.21. The Kier molecular flexibility index (Phi) is 2.44. The average molecular weight is 195 g/mol. The van der Waals surface area contributed by atoms with E-state index < -0.39 is 27.8 Å². The second-order valence-electron chi connectivity index (χ2n) is 3.18. The third kappa shape index (κ3) is 3.06. The second-order valence-corrected chi connectivity index (χ2v) is 4.62. The molecule has 0 saturated carbocycles. The summed E-state index contributed by atoms with van der Waals surface area (Å²) in [4.78, 5) is 0. The Morgan fingerprint density at radius 3 is 2.50 bits per heavy atom. The normalized spacial score (nSPS) is 29.1. The number of hydrogen-bond acceptors (Lipinski definition) is 5. The van der Waals surface area contributed by atoms with Crippen LogP contribution in [0.25, 0.3) is 0 Å². The molecule has 1 aliphatic heterocycles. The number of ether oxygens (including phenoxy) is 2. The highest BCUT2D eigenvalue weighted by atomic mass is 32.2. The fraction of sp³-hybridized carbons (Fsp3) is 1.00. The van der Waals surface area contributed by atoms with Gasteiger partial charge in [0.2, 0.25) is 0 Å². The van der Waals surface area contributed by atoms with Crippen LogP contribution < -0.4 is 0 Å². The first-order chi connectivity index (χ1) is 5.29. The number of hydrogen-bond donors (Lipinski definition) is 0. The molecular weight excluding hydrogens is 184 g/mol. The summed E-state index contributed by atoms with van der Waals surface area (Å²) < 4.78 is 41.1. The zero-order valence-corrected chi connectivity index (χ0v) is 7.76. The molecule has 6 heteroatoms. The first-order valence-electron chi connectivity index (χ1n) is 3.54. The van der Waals surface area contributed by atoms with Crippen molar-refractivity contribution in [1.82, 2.24) is 0 Å². The van der Waals surface area contributed by atoms with Gasteiger partial charge in [0, 0.05) is 0 Å². The molecule has 1 saturated heterocycles. The molecule has 1 unspecified atom stereocenters. The first kappa shape index (κ1) is 9.91. The summed E-state index contributed by atoms with van der Waals surface area (Å²) in [6, 6.07) is 0. The predicted molar refractivity (Wildman–Crippen MR) is 39.5 cm³/mol. The molecule has 0 N–H and O–H groups in total. The maximum absolute atomic E-state index is 10.3. The molecule has 5 nitrogen and oxygen atoms in total. The Balaban J connectivity index is 2.49. The third-order valence-corrected chi connectivity index (χ3v) is 2.24. The maximum Gasteiger partial charge on any atom is 0.163 e. The van der Waals surface area contributed by atoms with Crippen LogP contribution in [0.1, 0.15) is 13.8 Å². The molecule has 1 aliphatic rings. The van der Waals surface area contributed by atoms with Crippen molar-refractivity contribution in [3.63, 3.8) is 0 Å². The smallest absolute Gasteiger partial charge is 0.163 e. The van der Waals surface area contributed by atoms with Crippen LogP contribution >= 0.6 is 0 Å². The van der Waals surface area contributed by atoms with Gasteiger partial charge in [-0.15, -0.1) is 0 Å². The maximum atomic E-state index is 10.3. The van der Waals surface area contributed by atoms with Crippen molar-refractivity contribution in [3.8, 4) is 0 Å². The Hall–Kier alpha value is -0.170. The van der Waals surface area contributed by atoms with Gasteiger partial charge in [-0.05, 0) is 13.8 Å². The third-order valence-electron chi connectivity index (χ3n) is 1.46. The minimum Gasteiger partial charge on any atom is -0.748 e. The molecule has 0 radical (unpaired) electrons. The van der Waals surface area contributed by atoms with Crippen molar-refractivity contribution in [2.24, 2.45) is 0 Å². The van der Waals surface area contributed by atoms with E-state index in [1.807, 2.05) is 0 Å². The van der Waals surface area contributed by atoms with Gasteiger partial charge < -0.3 is 14.0 Å². The molecule has 0 aliphatic carbocycles. The first-order valence-corrected chi connectivity index (χ1v) is 5.12. The van der Waals surface area contributed by atoms with Crippen molar-refractivity contribution in [3.05, 3.63) is 0 Å². The minimum absolute atomic E-state index is 0.161. The molecule has 1 heterocycles. The van der Waals surface area contributed by atoms with Gasteiger partial charge in [-0.2, -0.15) is 0 Å². The molecule has 12 heavy (non-hydrogen) atoms. The zero-order valence-electron chi connectivity index (χ0n) is 6.94. The lowest BCUT2D eigenvalue weighted by Gasteiger charge is -2.17. The van der Waals surface area contributed by atoms with Gasteiger partial charge in [-0.25, -0.2) is 8.42 Å². The van der Waals surface area contributed by atoms with Gasteiger partial charge >= 0.3 is 0 Å². The van der Waals surface area contributed by atoms with Crippen LogP contribution in [-0.4, -0.2) is 37.2 Å². The topological polar surface area (TPSA) is 75.7 Å². The van der Waals surface area contributed by atoms with Gasteiger partial charge in [0.1, 0.15) is 0 Å². The summed E-state index contributed by atoms with van der Waals surface area (Å²) in [6.45, 7) is 3.50. The van der Waals surface area contributed by atoms with E-state index in [-0.39, 0.29) is 6.61 Å². The van der Waals surface area contributed by atoms with E-state index in [9.17, 15) is 13.0 Å². The summed E-state index contributed by atoms with van der Waals surface area (Å²) in [5, 5.41) is 0. The molecule has 72 valence electrons. The highest BCUT2D eigenvalue weighted by Crippen LogP contribution is 2.22. The largest absolute Gasteiger partial charge is 0.748 e. The standard InChI is InChI=1S/C6H12O5S/c1-6(2)10-3-5(11-6)4-12(7,8)9/h5H,3-4H2,1-2H3,(H,7,8,9)/p-1. The lowest BCUT2D eigenvalue weighted by atomic mass is 10.4. The quantitative estimate of drug-likeness (QED) is 0.564. The Bertz CT molecular complexity index is 255. The van der Waals surface area contributed by atoms with Gasteiger partial charge in [0.25, 0.3) is 0 Å². The minimum atomic E-state index is -4.21. The van der Waals surface area contributed by atoms with Crippen molar-refractivity contribution in [2.75, 3.05) is 12.4 Å². The lowest BCUT2D eigenvalue weighted by molar-refractivity contribution is -0.135. The van der Waals surface area contributed by atoms with Gasteiger partial charge in [-0.3, -0.25) is 0 Å². The van der Waals surface area contributed by atoms with E-state index in [0.29, 0.717) is 0 Å². The van der Waals surface area contributed by atoms with Crippen LogP contribution in [-0.2, 0) is 19.6 Å². The van der Waals surface area contributed by atoms with Gasteiger partial charge in [0.05, 0.1) is 28.6 Å². The van der Waals surface area contributed by atoms with Crippen LogP contribution in [0, 0.1) is 0 Å². The fourth-order valence-electron chi connectivity index (χ4n) is 1.07. The van der Waals surface area contributed by atoms with E-state index in [0.717, 1.165) is 0 Å². The van der Waals surface area contributed by atoms with Crippen LogP contribution in [0.15, 0.2) is 0 Å². The second kappa shape index (κ2) is 2.95. The summed E-state index contributed by atoms with van der Waals surface area (Å²) in [6.07, 6.45) is -0.623. The highest BCUT2D eigenvalue weighted by molar-refractivity contribution is 7.85. The number of rotatable bonds is 2. The van der Waals surface area contributed by atoms with Crippen molar-refractivity contribution in [1.29, 1.82) is 0 Å². The van der Waals surface area contributed by atoms with E-state index >= 15 is 0 Å². The van der Waals surface area contributed by atoms with E-state index in [1.165, 1.54) is 0 Å². The van der Waals surface area contributed by atoms with Crippen LogP contribution in [0.2, 0.25) is 0 Å². The van der Waals surface area contributed by atoms with Crippen molar-refractivity contribution >= 4 is 10.1 Å². The molecule has 0 amide bonds. The molecule has 0 aromatic rings. The van der Waals surface area contributed by atoms with Gasteiger partial charge in [-0.1, -0.05) is 0 Å². The SMILES string of the molecule is CC1(C)OCC(CS(=O)(=O)[O-])O1. The Labute approximate surface area is 71.4 Å². The van der Waals surface area contributed by atoms with Crippen molar-refractivity contribution < 1.29 is 22.4 Å². The lowest BCUT2D eigenvalue weighted by Crippen LogP contribution is -2.26. The molecule has 0 bridgehead atoms. The van der Waals surface area contributed by atoms with Gasteiger partial charge in [0.15, 0.2) is 5.79 Å². The Morgan fingerprint density at radius 2 is 2.17 bits per heavy atom. The van der Waals surface area contributed by atoms with E-state index in [4.69, 9.17) is 9.47 Å². The summed E-state index contributed by atoms with van der Waals surface area (Å²) in [5.41, 5.74) is 0. The summed E-state index contributed by atoms with van der Waals surface area (Å²) in [5.74, 6) is -1.29. The van der Waals surface area contributed by atoms with Crippen molar-refractivity contribution in [2.45, 2.75) is 25.7 Å². The fourth-order valence-corrected chi connectivity index (χ4v) is 1.69. The Morgan fingerprint density at radius 1 is 1.58 bits per heavy atom. The molecular formula is C6H11O5S-. The van der Waals surface area contributed by atoms with E-state index in [2.05, 4.69) is 0 Å². The monoisotopic (exact) mass is 195 g/mol. The summed E-state index contributed by atoms with van der Waals surface area (Å²) >= 11 is 0. The zero-order chi connectivity index (χ0) is 9.41. The molecule has 0 spiro atoms. The molecule has 0 aromatic carbocycles. The van der Waals surface area contributed by atoms with Crippen LogP contribution in [0.3, 0.4) is 0 Å².